The van der Waals surface area contributed by atoms with Crippen LogP contribution in [-0.4, -0.2) is 77.4 Å². The normalized spacial score (nSPS) is 26.5. The quantitative estimate of drug-likeness (QED) is 0.779. The van der Waals surface area contributed by atoms with E-state index in [0.717, 1.165) is 0 Å². The molecule has 0 aromatic carbocycles. The number of nitrogens with one attached hydrogen (secondary N) is 1. The van der Waals surface area contributed by atoms with Crippen LogP contribution in [0.15, 0.2) is 0 Å². The molecule has 162 valence electrons. The summed E-state index contributed by atoms with van der Waals surface area (Å²) in [6.45, 7) is 11.3. The van der Waals surface area contributed by atoms with Gasteiger partial charge in [-0.15, -0.1) is 0 Å². The van der Waals surface area contributed by atoms with E-state index in [1.165, 1.54) is 4.90 Å². The molecule has 2 rings (SSSR count). The summed E-state index contributed by atoms with van der Waals surface area (Å²) < 4.78 is 36.3. The van der Waals surface area contributed by atoms with Gasteiger partial charge in [0, 0.05) is 19.1 Å². The average Bonchev–Trinajstić information content (AvgIpc) is 2.75. The summed E-state index contributed by atoms with van der Waals surface area (Å²) in [7, 11) is 0. The molecule has 0 aromatic rings. The van der Waals surface area contributed by atoms with Crippen molar-refractivity contribution in [1.82, 2.24) is 15.1 Å². The van der Waals surface area contributed by atoms with Gasteiger partial charge >= 0.3 is 6.09 Å². The molecular formula is C19H33F2N3O4. The van der Waals surface area contributed by atoms with E-state index >= 15 is 0 Å². The molecule has 0 spiro atoms. The predicted octanol–water partition coefficient (Wildman–Crippen LogP) is 2.59. The van der Waals surface area contributed by atoms with Gasteiger partial charge in [0.2, 0.25) is 5.91 Å². The predicted molar refractivity (Wildman–Crippen MR) is 100 cm³/mol. The van der Waals surface area contributed by atoms with Gasteiger partial charge in [-0.05, 0) is 54.4 Å². The molecule has 0 aromatic heterocycles. The van der Waals surface area contributed by atoms with Gasteiger partial charge in [0.05, 0.1) is 12.6 Å². The summed E-state index contributed by atoms with van der Waals surface area (Å²) in [5, 5.41) is 2.97. The Morgan fingerprint density at radius 1 is 1.25 bits per heavy atom. The number of piperidine rings is 1. The highest BCUT2D eigenvalue weighted by Gasteiger charge is 2.53. The molecule has 2 fully saturated rings. The third-order valence-electron chi connectivity index (χ3n) is 4.97. The van der Waals surface area contributed by atoms with Crippen LogP contribution in [0.1, 0.15) is 54.4 Å². The zero-order valence-electron chi connectivity index (χ0n) is 17.6. The first-order chi connectivity index (χ1) is 12.8. The van der Waals surface area contributed by atoms with Crippen LogP contribution in [0.5, 0.6) is 0 Å². The van der Waals surface area contributed by atoms with E-state index in [0.29, 0.717) is 25.9 Å². The molecule has 2 heterocycles. The van der Waals surface area contributed by atoms with Crippen LogP contribution in [0.25, 0.3) is 0 Å². The van der Waals surface area contributed by atoms with E-state index in [4.69, 9.17) is 9.47 Å². The van der Waals surface area contributed by atoms with Crippen molar-refractivity contribution < 1.29 is 27.8 Å². The van der Waals surface area contributed by atoms with Gasteiger partial charge in [-0.1, -0.05) is 0 Å². The van der Waals surface area contributed by atoms with Crippen LogP contribution in [-0.2, 0) is 14.3 Å². The lowest BCUT2D eigenvalue weighted by Crippen LogP contribution is -2.57. The van der Waals surface area contributed by atoms with Crippen molar-refractivity contribution in [1.29, 1.82) is 0 Å². The molecule has 0 saturated carbocycles. The summed E-state index contributed by atoms with van der Waals surface area (Å²) in [4.78, 5) is 28.8. The maximum absolute atomic E-state index is 13.0. The number of amides is 2. The Labute approximate surface area is 165 Å². The fourth-order valence-electron chi connectivity index (χ4n) is 3.84. The first kappa shape index (κ1) is 22.8. The molecule has 0 unspecified atom stereocenters. The number of rotatable bonds is 4. The van der Waals surface area contributed by atoms with Gasteiger partial charge in [-0.2, -0.15) is 0 Å². The molecule has 2 aliphatic rings. The number of halogens is 2. The number of likely N-dealkylation sites (tertiary alicyclic amines) is 1. The van der Waals surface area contributed by atoms with Crippen molar-refractivity contribution in [2.24, 2.45) is 0 Å². The number of hydrogen-bond donors (Lipinski definition) is 1. The first-order valence-electron chi connectivity index (χ1n) is 9.81. The third-order valence-corrected chi connectivity index (χ3v) is 4.97. The first-order valence-corrected chi connectivity index (χ1v) is 9.81. The molecule has 0 bridgehead atoms. The molecule has 0 aliphatic carbocycles. The van der Waals surface area contributed by atoms with Crippen LogP contribution < -0.4 is 5.32 Å². The van der Waals surface area contributed by atoms with E-state index in [9.17, 15) is 18.4 Å². The van der Waals surface area contributed by atoms with Crippen LogP contribution in [0.2, 0.25) is 0 Å². The molecule has 0 radical (unpaired) electrons. The van der Waals surface area contributed by atoms with E-state index in [1.807, 2.05) is 0 Å². The Morgan fingerprint density at radius 2 is 1.82 bits per heavy atom. The molecule has 7 nitrogen and oxygen atoms in total. The summed E-state index contributed by atoms with van der Waals surface area (Å²) in [5.41, 5.74) is -1.68. The molecule has 1 N–H and O–H groups in total. The van der Waals surface area contributed by atoms with Crippen molar-refractivity contribution in [2.45, 2.75) is 90.3 Å². The topological polar surface area (TPSA) is 71.1 Å². The lowest BCUT2D eigenvalue weighted by atomic mass is 10.0. The highest BCUT2D eigenvalue weighted by atomic mass is 19.3. The molecular weight excluding hydrogens is 372 g/mol. The molecule has 9 heteroatoms. The minimum Gasteiger partial charge on any atom is -0.444 e. The van der Waals surface area contributed by atoms with Crippen LogP contribution in [0, 0.1) is 0 Å². The maximum Gasteiger partial charge on any atom is 0.413 e. The Hall–Kier alpha value is -1.48. The molecule has 2 saturated heterocycles. The van der Waals surface area contributed by atoms with Gasteiger partial charge in [-0.3, -0.25) is 14.6 Å². The molecule has 2 amide bonds. The van der Waals surface area contributed by atoms with E-state index in [1.54, 1.807) is 46.4 Å². The fraction of sp³-hybridized carbons (Fsp3) is 0.895. The Bertz CT molecular complexity index is 572. The Morgan fingerprint density at radius 3 is 2.32 bits per heavy atom. The smallest absolute Gasteiger partial charge is 0.413 e. The SMILES string of the molecule is C[C@H]1OC(C)(C)N(C(=O)OC(C)(C)C)[C@H]1C(=O)NC1CCN(CC(F)F)CC1. The van der Waals surface area contributed by atoms with Crippen LogP contribution in [0.3, 0.4) is 0 Å². The van der Waals surface area contributed by atoms with Gasteiger partial charge in [0.15, 0.2) is 0 Å². The highest BCUT2D eigenvalue weighted by molar-refractivity contribution is 5.87. The van der Waals surface area contributed by atoms with Crippen molar-refractivity contribution in [2.75, 3.05) is 19.6 Å². The average molecular weight is 405 g/mol. The minimum atomic E-state index is -2.35. The fourth-order valence-corrected chi connectivity index (χ4v) is 3.84. The molecule has 28 heavy (non-hydrogen) atoms. The number of ether oxygens (including phenoxy) is 2. The van der Waals surface area contributed by atoms with Crippen molar-refractivity contribution in [3.05, 3.63) is 0 Å². The van der Waals surface area contributed by atoms with E-state index in [-0.39, 0.29) is 18.5 Å². The summed E-state index contributed by atoms with van der Waals surface area (Å²) >= 11 is 0. The highest BCUT2D eigenvalue weighted by Crippen LogP contribution is 2.34. The monoisotopic (exact) mass is 405 g/mol. The molecule has 2 atom stereocenters. The number of alkyl halides is 2. The standard InChI is InChI=1S/C19H33F2N3O4/c1-12-15(24(19(5,6)27-12)17(26)28-18(2,3)4)16(25)22-13-7-9-23(10-8-13)11-14(20)21/h12-15H,7-11H2,1-6H3,(H,22,25)/t12-,15-/m1/s1. The lowest BCUT2D eigenvalue weighted by Gasteiger charge is -2.36. The second kappa shape index (κ2) is 8.49. The second-order valence-electron chi connectivity index (χ2n) is 9.04. The van der Waals surface area contributed by atoms with Crippen molar-refractivity contribution in [3.63, 3.8) is 0 Å². The van der Waals surface area contributed by atoms with Gasteiger partial charge in [-0.25, -0.2) is 13.6 Å². The minimum absolute atomic E-state index is 0.113. The molecule has 2 aliphatic heterocycles. The maximum atomic E-state index is 13.0. The summed E-state index contributed by atoms with van der Waals surface area (Å²) in [5.74, 6) is -0.309. The van der Waals surface area contributed by atoms with E-state index in [2.05, 4.69) is 5.32 Å². The number of carbonyl (C=O) groups excluding carboxylic acids is 2. The van der Waals surface area contributed by atoms with Gasteiger partial charge in [0.1, 0.15) is 17.4 Å². The largest absolute Gasteiger partial charge is 0.444 e. The van der Waals surface area contributed by atoms with Crippen molar-refractivity contribution >= 4 is 12.0 Å². The second-order valence-corrected chi connectivity index (χ2v) is 9.04. The number of hydrogen-bond acceptors (Lipinski definition) is 5. The lowest BCUT2D eigenvalue weighted by molar-refractivity contribution is -0.128. The van der Waals surface area contributed by atoms with Gasteiger partial charge in [0.25, 0.3) is 6.43 Å². The van der Waals surface area contributed by atoms with Crippen LogP contribution >= 0.6 is 0 Å². The number of nitrogens with zero attached hydrogens (tertiary/aromatic N) is 2. The van der Waals surface area contributed by atoms with Crippen LogP contribution in [0.4, 0.5) is 13.6 Å². The van der Waals surface area contributed by atoms with Crippen molar-refractivity contribution in [3.8, 4) is 0 Å². The van der Waals surface area contributed by atoms with Gasteiger partial charge < -0.3 is 14.8 Å². The Balaban J connectivity index is 2.03. The zero-order valence-corrected chi connectivity index (χ0v) is 17.6. The summed E-state index contributed by atoms with van der Waals surface area (Å²) in [6, 6.07) is -0.929. The summed E-state index contributed by atoms with van der Waals surface area (Å²) in [6.07, 6.45) is -2.27. The number of carbonyl (C=O) groups is 2. The third kappa shape index (κ3) is 5.76. The zero-order chi connectivity index (χ0) is 21.3. The van der Waals surface area contributed by atoms with E-state index < -0.39 is 36.0 Å². The Kier molecular flexibility index (Phi) is 6.91.